The van der Waals surface area contributed by atoms with Crippen LogP contribution in [0.15, 0.2) is 28.7 Å². The van der Waals surface area contributed by atoms with E-state index >= 15 is 0 Å². The van der Waals surface area contributed by atoms with Crippen molar-refractivity contribution in [2.24, 2.45) is 5.92 Å². The topological polar surface area (TPSA) is 41.5 Å². The SMILES string of the molecule is CCC1CCCCC1OCC(O)CNc1ccc(Br)cc1. The number of hydrogen-bond acceptors (Lipinski definition) is 3. The monoisotopic (exact) mass is 355 g/mol. The zero-order valence-corrected chi connectivity index (χ0v) is 14.3. The smallest absolute Gasteiger partial charge is 0.0945 e. The van der Waals surface area contributed by atoms with Gasteiger partial charge < -0.3 is 15.2 Å². The Labute approximate surface area is 136 Å². The van der Waals surface area contributed by atoms with Crippen LogP contribution >= 0.6 is 15.9 Å². The maximum absolute atomic E-state index is 10.1. The standard InChI is InChI=1S/C17H26BrNO2/c1-2-13-5-3-4-6-17(13)21-12-16(20)11-19-15-9-7-14(18)8-10-15/h7-10,13,16-17,19-20H,2-6,11-12H2,1H3. The van der Waals surface area contributed by atoms with Gasteiger partial charge in [-0.2, -0.15) is 0 Å². The van der Waals surface area contributed by atoms with Gasteiger partial charge in [0.2, 0.25) is 0 Å². The van der Waals surface area contributed by atoms with Crippen molar-refractivity contribution in [2.75, 3.05) is 18.5 Å². The summed E-state index contributed by atoms with van der Waals surface area (Å²) in [7, 11) is 0. The molecule has 2 N–H and O–H groups in total. The molecule has 0 amide bonds. The number of hydrogen-bond donors (Lipinski definition) is 2. The number of ether oxygens (including phenoxy) is 1. The van der Waals surface area contributed by atoms with Crippen LogP contribution in [0.4, 0.5) is 5.69 Å². The van der Waals surface area contributed by atoms with Crippen molar-refractivity contribution in [3.05, 3.63) is 28.7 Å². The van der Waals surface area contributed by atoms with Crippen LogP contribution in [0.1, 0.15) is 39.0 Å². The highest BCUT2D eigenvalue weighted by Gasteiger charge is 2.24. The van der Waals surface area contributed by atoms with Crippen LogP contribution in [0.3, 0.4) is 0 Å². The fraction of sp³-hybridized carbons (Fsp3) is 0.647. The third kappa shape index (κ3) is 5.61. The van der Waals surface area contributed by atoms with E-state index in [4.69, 9.17) is 4.74 Å². The van der Waals surface area contributed by atoms with Gasteiger partial charge in [0.1, 0.15) is 0 Å². The van der Waals surface area contributed by atoms with Gasteiger partial charge in [-0.15, -0.1) is 0 Å². The van der Waals surface area contributed by atoms with Crippen LogP contribution in [-0.2, 0) is 4.74 Å². The number of benzene rings is 1. The first kappa shape index (κ1) is 16.8. The van der Waals surface area contributed by atoms with Crippen LogP contribution in [0.2, 0.25) is 0 Å². The molecule has 4 heteroatoms. The molecule has 1 aliphatic carbocycles. The second kappa shape index (κ2) is 8.76. The molecule has 1 aromatic carbocycles. The number of nitrogens with one attached hydrogen (secondary N) is 1. The Balaban J connectivity index is 1.69. The minimum Gasteiger partial charge on any atom is -0.389 e. The summed E-state index contributed by atoms with van der Waals surface area (Å²) < 4.78 is 7.01. The molecule has 3 atom stereocenters. The van der Waals surface area contributed by atoms with Gasteiger partial charge in [-0.3, -0.25) is 0 Å². The molecule has 0 saturated heterocycles. The third-order valence-electron chi connectivity index (χ3n) is 4.25. The number of halogens is 1. The molecule has 2 rings (SSSR count). The van der Waals surface area contributed by atoms with Crippen molar-refractivity contribution in [2.45, 2.75) is 51.2 Å². The van der Waals surface area contributed by atoms with E-state index in [1.165, 1.54) is 25.7 Å². The Bertz CT molecular complexity index is 410. The molecule has 3 nitrogen and oxygen atoms in total. The molecule has 1 aromatic rings. The highest BCUT2D eigenvalue weighted by molar-refractivity contribution is 9.10. The van der Waals surface area contributed by atoms with Crippen molar-refractivity contribution in [1.82, 2.24) is 0 Å². The molecule has 1 aliphatic rings. The minimum absolute atomic E-state index is 0.339. The molecule has 1 saturated carbocycles. The van der Waals surface area contributed by atoms with Gasteiger partial charge in [0.25, 0.3) is 0 Å². The van der Waals surface area contributed by atoms with Gasteiger partial charge in [0.05, 0.1) is 18.8 Å². The highest BCUT2D eigenvalue weighted by Crippen LogP contribution is 2.29. The highest BCUT2D eigenvalue weighted by atomic mass is 79.9. The van der Waals surface area contributed by atoms with E-state index in [9.17, 15) is 5.11 Å². The van der Waals surface area contributed by atoms with Crippen molar-refractivity contribution in [3.8, 4) is 0 Å². The molecular formula is C17H26BrNO2. The first-order valence-electron chi connectivity index (χ1n) is 7.98. The number of rotatable bonds is 7. The summed E-state index contributed by atoms with van der Waals surface area (Å²) >= 11 is 3.41. The normalized spacial score (nSPS) is 23.8. The average Bonchev–Trinajstić information content (AvgIpc) is 2.52. The summed E-state index contributed by atoms with van der Waals surface area (Å²) in [6.45, 7) is 3.17. The molecule has 0 bridgehead atoms. The number of aliphatic hydroxyl groups excluding tert-OH is 1. The summed E-state index contributed by atoms with van der Waals surface area (Å²) in [4.78, 5) is 0. The van der Waals surface area contributed by atoms with E-state index in [0.29, 0.717) is 25.2 Å². The lowest BCUT2D eigenvalue weighted by molar-refractivity contribution is -0.0473. The summed E-state index contributed by atoms with van der Waals surface area (Å²) in [5.41, 5.74) is 1.02. The van der Waals surface area contributed by atoms with E-state index in [0.717, 1.165) is 16.6 Å². The summed E-state index contributed by atoms with van der Waals surface area (Å²) in [6, 6.07) is 7.95. The van der Waals surface area contributed by atoms with Crippen LogP contribution in [-0.4, -0.2) is 30.5 Å². The van der Waals surface area contributed by atoms with Gasteiger partial charge in [-0.05, 0) is 43.0 Å². The van der Waals surface area contributed by atoms with Crippen LogP contribution in [0.5, 0.6) is 0 Å². The van der Waals surface area contributed by atoms with Crippen molar-refractivity contribution in [3.63, 3.8) is 0 Å². The zero-order valence-electron chi connectivity index (χ0n) is 12.7. The lowest BCUT2D eigenvalue weighted by Crippen LogP contribution is -2.32. The predicted octanol–water partition coefficient (Wildman–Crippen LogP) is 4.21. The summed E-state index contributed by atoms with van der Waals surface area (Å²) in [6.07, 6.45) is 6.05. The Morgan fingerprint density at radius 2 is 2.00 bits per heavy atom. The van der Waals surface area contributed by atoms with Crippen LogP contribution in [0, 0.1) is 5.92 Å². The second-order valence-electron chi connectivity index (χ2n) is 5.87. The van der Waals surface area contributed by atoms with Gasteiger partial charge >= 0.3 is 0 Å². The molecule has 0 aromatic heterocycles. The summed E-state index contributed by atoms with van der Waals surface area (Å²) in [5.74, 6) is 0.672. The Morgan fingerprint density at radius 1 is 1.29 bits per heavy atom. The molecular weight excluding hydrogens is 330 g/mol. The van der Waals surface area contributed by atoms with Crippen LogP contribution < -0.4 is 5.32 Å². The van der Waals surface area contributed by atoms with E-state index in [1.807, 2.05) is 24.3 Å². The molecule has 0 radical (unpaired) electrons. The third-order valence-corrected chi connectivity index (χ3v) is 4.78. The zero-order chi connectivity index (χ0) is 15.1. The largest absolute Gasteiger partial charge is 0.389 e. The molecule has 0 spiro atoms. The Morgan fingerprint density at radius 3 is 2.71 bits per heavy atom. The first-order valence-corrected chi connectivity index (χ1v) is 8.77. The second-order valence-corrected chi connectivity index (χ2v) is 6.78. The first-order chi connectivity index (χ1) is 10.2. The molecule has 118 valence electrons. The van der Waals surface area contributed by atoms with Gasteiger partial charge in [0.15, 0.2) is 0 Å². The van der Waals surface area contributed by atoms with E-state index < -0.39 is 6.10 Å². The minimum atomic E-state index is -0.465. The van der Waals surface area contributed by atoms with Gasteiger partial charge in [0, 0.05) is 16.7 Å². The van der Waals surface area contributed by atoms with Crippen molar-refractivity contribution in [1.29, 1.82) is 0 Å². The van der Waals surface area contributed by atoms with E-state index in [2.05, 4.69) is 28.2 Å². The van der Waals surface area contributed by atoms with Gasteiger partial charge in [-0.25, -0.2) is 0 Å². The number of aliphatic hydroxyl groups is 1. The maximum Gasteiger partial charge on any atom is 0.0945 e. The fourth-order valence-electron chi connectivity index (χ4n) is 2.96. The fourth-order valence-corrected chi connectivity index (χ4v) is 3.22. The predicted molar refractivity (Wildman–Crippen MR) is 90.6 cm³/mol. The van der Waals surface area contributed by atoms with Gasteiger partial charge in [-0.1, -0.05) is 42.1 Å². The maximum atomic E-state index is 10.1. The molecule has 3 unspecified atom stereocenters. The van der Waals surface area contributed by atoms with E-state index in [1.54, 1.807) is 0 Å². The lowest BCUT2D eigenvalue weighted by atomic mass is 9.85. The quantitative estimate of drug-likeness (QED) is 0.769. The molecule has 0 heterocycles. The Kier molecular flexibility index (Phi) is 7.00. The summed E-state index contributed by atoms with van der Waals surface area (Å²) in [5, 5.41) is 13.3. The number of anilines is 1. The van der Waals surface area contributed by atoms with Crippen LogP contribution in [0.25, 0.3) is 0 Å². The average molecular weight is 356 g/mol. The van der Waals surface area contributed by atoms with Crippen molar-refractivity contribution < 1.29 is 9.84 Å². The lowest BCUT2D eigenvalue weighted by Gasteiger charge is -2.31. The molecule has 0 aliphatic heterocycles. The Hall–Kier alpha value is -0.580. The molecule has 21 heavy (non-hydrogen) atoms. The molecule has 1 fully saturated rings. The van der Waals surface area contributed by atoms with E-state index in [-0.39, 0.29) is 0 Å². The van der Waals surface area contributed by atoms with Crippen molar-refractivity contribution >= 4 is 21.6 Å².